The van der Waals surface area contributed by atoms with Gasteiger partial charge in [0.05, 0.1) is 12.0 Å². The molecule has 0 aliphatic rings. The van der Waals surface area contributed by atoms with Gasteiger partial charge in [-0.2, -0.15) is 5.26 Å². The summed E-state index contributed by atoms with van der Waals surface area (Å²) in [5, 5.41) is 9.22. The quantitative estimate of drug-likeness (QED) is 0.721. The monoisotopic (exact) mass is 201 g/mol. The van der Waals surface area contributed by atoms with E-state index in [4.69, 9.17) is 0 Å². The average molecular weight is 201 g/mol. The fourth-order valence-electron chi connectivity index (χ4n) is 2.02. The largest absolute Gasteiger partial charge is 0.198 e. The first-order valence-electron chi connectivity index (χ1n) is 5.65. The summed E-state index contributed by atoms with van der Waals surface area (Å²) in [6.07, 6.45) is 2.26. The Kier molecular flexibility index (Phi) is 4.37. The molecule has 0 saturated heterocycles. The van der Waals surface area contributed by atoms with Crippen molar-refractivity contribution in [2.45, 2.75) is 39.5 Å². The van der Waals surface area contributed by atoms with E-state index in [-0.39, 0.29) is 5.92 Å². The molecule has 1 aromatic rings. The molecule has 2 unspecified atom stereocenters. The molecule has 0 aliphatic heterocycles. The van der Waals surface area contributed by atoms with Crippen molar-refractivity contribution in [2.75, 3.05) is 0 Å². The van der Waals surface area contributed by atoms with E-state index in [1.165, 1.54) is 11.1 Å². The molecule has 0 fully saturated rings. The van der Waals surface area contributed by atoms with Crippen molar-refractivity contribution < 1.29 is 0 Å². The highest BCUT2D eigenvalue weighted by Gasteiger charge is 2.17. The van der Waals surface area contributed by atoms with Crippen molar-refractivity contribution in [3.63, 3.8) is 0 Å². The lowest BCUT2D eigenvalue weighted by molar-refractivity contribution is 0.483. The van der Waals surface area contributed by atoms with Gasteiger partial charge in [-0.15, -0.1) is 0 Å². The summed E-state index contributed by atoms with van der Waals surface area (Å²) in [6.45, 7) is 6.41. The summed E-state index contributed by atoms with van der Waals surface area (Å²) in [5.74, 6) is 0.492. The van der Waals surface area contributed by atoms with Crippen molar-refractivity contribution in [1.82, 2.24) is 0 Å². The first kappa shape index (κ1) is 11.8. The fraction of sp³-hybridized carbons (Fsp3) is 0.500. The Bertz CT molecular complexity index is 349. The number of nitriles is 1. The molecule has 1 rings (SSSR count). The molecule has 1 aromatic carbocycles. The van der Waals surface area contributed by atoms with Crippen molar-refractivity contribution in [3.05, 3.63) is 35.4 Å². The van der Waals surface area contributed by atoms with Gasteiger partial charge in [0.2, 0.25) is 0 Å². The van der Waals surface area contributed by atoms with Gasteiger partial charge >= 0.3 is 0 Å². The molecule has 1 heteroatoms. The molecule has 0 aliphatic carbocycles. The van der Waals surface area contributed by atoms with Crippen molar-refractivity contribution >= 4 is 0 Å². The van der Waals surface area contributed by atoms with Gasteiger partial charge in [0, 0.05) is 0 Å². The number of aryl methyl sites for hydroxylation is 1. The highest BCUT2D eigenvalue weighted by molar-refractivity contribution is 5.29. The minimum absolute atomic E-state index is 0.0462. The zero-order valence-corrected chi connectivity index (χ0v) is 9.83. The first-order chi connectivity index (χ1) is 7.19. The van der Waals surface area contributed by atoms with Crippen LogP contribution >= 0.6 is 0 Å². The predicted molar refractivity (Wildman–Crippen MR) is 63.6 cm³/mol. The zero-order chi connectivity index (χ0) is 11.3. The van der Waals surface area contributed by atoms with Crippen LogP contribution in [0.1, 0.15) is 43.7 Å². The Balaban J connectivity index is 2.88. The van der Waals surface area contributed by atoms with Gasteiger partial charge in [0.1, 0.15) is 0 Å². The molecule has 15 heavy (non-hydrogen) atoms. The Morgan fingerprint density at radius 1 is 1.40 bits per heavy atom. The van der Waals surface area contributed by atoms with Crippen LogP contribution in [0.4, 0.5) is 0 Å². The van der Waals surface area contributed by atoms with Gasteiger partial charge in [-0.1, -0.05) is 50.1 Å². The van der Waals surface area contributed by atoms with E-state index >= 15 is 0 Å². The van der Waals surface area contributed by atoms with Gasteiger partial charge in [-0.25, -0.2) is 0 Å². The Hall–Kier alpha value is -1.29. The maximum absolute atomic E-state index is 9.22. The van der Waals surface area contributed by atoms with E-state index < -0.39 is 0 Å². The molecule has 0 heterocycles. The molecule has 80 valence electrons. The van der Waals surface area contributed by atoms with Crippen LogP contribution in [-0.4, -0.2) is 0 Å². The SMILES string of the molecule is CCCC(C)C(C#N)c1cccc(C)c1. The normalized spacial score (nSPS) is 14.3. The van der Waals surface area contributed by atoms with Crippen LogP contribution in [0.2, 0.25) is 0 Å². The summed E-state index contributed by atoms with van der Waals surface area (Å²) in [7, 11) is 0. The number of rotatable bonds is 4. The van der Waals surface area contributed by atoms with Crippen LogP contribution < -0.4 is 0 Å². The second kappa shape index (κ2) is 5.56. The summed E-state index contributed by atoms with van der Waals surface area (Å²) < 4.78 is 0. The minimum Gasteiger partial charge on any atom is -0.198 e. The highest BCUT2D eigenvalue weighted by atomic mass is 14.3. The molecule has 0 N–H and O–H groups in total. The third-order valence-electron chi connectivity index (χ3n) is 2.85. The Morgan fingerprint density at radius 2 is 2.13 bits per heavy atom. The lowest BCUT2D eigenvalue weighted by atomic mass is 9.85. The standard InChI is InChI=1S/C14H19N/c1-4-6-12(3)14(10-15)13-8-5-7-11(2)9-13/h5,7-9,12,14H,4,6H2,1-3H3. The molecular weight excluding hydrogens is 182 g/mol. The summed E-state index contributed by atoms with van der Waals surface area (Å²) in [5.41, 5.74) is 2.40. The predicted octanol–water partition coefficient (Wildman–Crippen LogP) is 4.04. The molecule has 0 saturated carbocycles. The smallest absolute Gasteiger partial charge is 0.0738 e. The Labute approximate surface area is 92.7 Å². The average Bonchev–Trinajstić information content (AvgIpc) is 2.19. The topological polar surface area (TPSA) is 23.8 Å². The maximum Gasteiger partial charge on any atom is 0.0738 e. The highest BCUT2D eigenvalue weighted by Crippen LogP contribution is 2.27. The second-order valence-corrected chi connectivity index (χ2v) is 4.29. The molecule has 0 bridgehead atoms. The number of nitrogens with zero attached hydrogens (tertiary/aromatic N) is 1. The van der Waals surface area contributed by atoms with Crippen LogP contribution in [0.25, 0.3) is 0 Å². The second-order valence-electron chi connectivity index (χ2n) is 4.29. The van der Waals surface area contributed by atoms with E-state index in [0.717, 1.165) is 12.8 Å². The van der Waals surface area contributed by atoms with E-state index in [1.807, 2.05) is 6.07 Å². The van der Waals surface area contributed by atoms with E-state index in [1.54, 1.807) is 0 Å². The van der Waals surface area contributed by atoms with Crippen molar-refractivity contribution in [3.8, 4) is 6.07 Å². The molecule has 2 atom stereocenters. The van der Waals surface area contributed by atoms with Gasteiger partial charge < -0.3 is 0 Å². The van der Waals surface area contributed by atoms with E-state index in [9.17, 15) is 5.26 Å². The third kappa shape index (κ3) is 3.09. The van der Waals surface area contributed by atoms with Crippen LogP contribution in [0.3, 0.4) is 0 Å². The van der Waals surface area contributed by atoms with Crippen LogP contribution in [0.15, 0.2) is 24.3 Å². The molecule has 0 spiro atoms. The van der Waals surface area contributed by atoms with Gasteiger partial charge in [0.15, 0.2) is 0 Å². The van der Waals surface area contributed by atoms with Crippen LogP contribution in [-0.2, 0) is 0 Å². The summed E-state index contributed by atoms with van der Waals surface area (Å²) in [6, 6.07) is 10.7. The molecule has 0 amide bonds. The number of hydrogen-bond acceptors (Lipinski definition) is 1. The first-order valence-corrected chi connectivity index (χ1v) is 5.65. The lowest BCUT2D eigenvalue weighted by Gasteiger charge is -2.17. The summed E-state index contributed by atoms with van der Waals surface area (Å²) in [4.78, 5) is 0. The van der Waals surface area contributed by atoms with Crippen LogP contribution in [0, 0.1) is 24.2 Å². The number of benzene rings is 1. The Morgan fingerprint density at radius 3 is 2.67 bits per heavy atom. The molecule has 1 nitrogen and oxygen atoms in total. The maximum atomic E-state index is 9.22. The molecular formula is C14H19N. The number of hydrogen-bond donors (Lipinski definition) is 0. The van der Waals surface area contributed by atoms with Gasteiger partial charge in [-0.05, 0) is 24.8 Å². The van der Waals surface area contributed by atoms with Gasteiger partial charge in [-0.3, -0.25) is 0 Å². The lowest BCUT2D eigenvalue weighted by Crippen LogP contribution is -2.07. The third-order valence-corrected chi connectivity index (χ3v) is 2.85. The minimum atomic E-state index is 0.0462. The van der Waals surface area contributed by atoms with Crippen molar-refractivity contribution in [1.29, 1.82) is 5.26 Å². The van der Waals surface area contributed by atoms with Gasteiger partial charge in [0.25, 0.3) is 0 Å². The zero-order valence-electron chi connectivity index (χ0n) is 9.83. The fourth-order valence-corrected chi connectivity index (χ4v) is 2.02. The molecule has 0 aromatic heterocycles. The molecule has 0 radical (unpaired) electrons. The van der Waals surface area contributed by atoms with Crippen molar-refractivity contribution in [2.24, 2.45) is 5.92 Å². The van der Waals surface area contributed by atoms with E-state index in [0.29, 0.717) is 5.92 Å². The van der Waals surface area contributed by atoms with E-state index in [2.05, 4.69) is 45.0 Å². The summed E-state index contributed by atoms with van der Waals surface area (Å²) >= 11 is 0. The van der Waals surface area contributed by atoms with Crippen LogP contribution in [0.5, 0.6) is 0 Å².